The highest BCUT2D eigenvalue weighted by molar-refractivity contribution is 5.99. The van der Waals surface area contributed by atoms with Crippen molar-refractivity contribution in [2.24, 2.45) is 45.1 Å². The molecule has 438 valence electrons. The number of benzene rings is 2. The summed E-state index contributed by atoms with van der Waals surface area (Å²) in [6.45, 7) is -0.208. The maximum Gasteiger partial charge on any atom is 0.305 e. The predicted octanol–water partition coefficient (Wildman–Crippen LogP) is -6.20. The zero-order valence-electron chi connectivity index (χ0n) is 44.1. The monoisotopic (exact) mass is 1120 g/mol. The van der Waals surface area contributed by atoms with E-state index in [1.54, 1.807) is 30.3 Å². The molecule has 1 aliphatic heterocycles. The number of nitrogens with two attached hydrogens (primary N) is 7. The third-order valence-electron chi connectivity index (χ3n) is 12.4. The maximum absolute atomic E-state index is 14.4. The van der Waals surface area contributed by atoms with E-state index in [4.69, 9.17) is 40.1 Å². The molecule has 3 rings (SSSR count). The molecule has 0 radical (unpaired) electrons. The number of hydrogen-bond acceptors (Lipinski definition) is 16. The lowest BCUT2D eigenvalue weighted by Crippen LogP contribution is -2.61. The van der Waals surface area contributed by atoms with E-state index < -0.39 is 152 Å². The van der Waals surface area contributed by atoms with Gasteiger partial charge >= 0.3 is 5.97 Å². The van der Waals surface area contributed by atoms with Crippen LogP contribution in [0.2, 0.25) is 0 Å². The first-order valence-corrected chi connectivity index (χ1v) is 25.7. The van der Waals surface area contributed by atoms with Gasteiger partial charge in [-0.3, -0.25) is 62.5 Å². The lowest BCUT2D eigenvalue weighted by molar-refractivity contribution is -0.143. The van der Waals surface area contributed by atoms with E-state index in [-0.39, 0.29) is 76.3 Å². The predicted molar refractivity (Wildman–Crippen MR) is 286 cm³/mol. The Kier molecular flexibility index (Phi) is 27.3. The summed E-state index contributed by atoms with van der Waals surface area (Å²) >= 11 is 0. The first-order chi connectivity index (χ1) is 37.9. The number of aliphatic carboxylic acids is 1. The Bertz CT molecular complexity index is 2530. The Labute approximate surface area is 460 Å². The van der Waals surface area contributed by atoms with E-state index in [0.29, 0.717) is 24.0 Å². The quantitative estimate of drug-likeness (QED) is 0.0173. The van der Waals surface area contributed by atoms with Crippen molar-refractivity contribution in [3.8, 4) is 5.75 Å². The van der Waals surface area contributed by atoms with Gasteiger partial charge in [0.05, 0.1) is 25.4 Å². The molecule has 1 saturated heterocycles. The summed E-state index contributed by atoms with van der Waals surface area (Å²) in [5.74, 6) is -12.1. The maximum atomic E-state index is 14.4. The first-order valence-electron chi connectivity index (χ1n) is 25.7. The SMILES string of the molecule is NCCCC[C@H](NC(=O)[C@H](CC(N)=O)NC(=O)[C@H](CCC(N)=O)NC(=O)[C@H](Cc1ccccc1)NC(=O)[C@H](Cc1ccc(O)cc1)NC(=O)[C@@H](N)CC(=O)O)C(=O)N1CCC[C@H]1C(=O)N[C@@H](CCCN=C(N)N)C(=O)NCC(N)=O. The van der Waals surface area contributed by atoms with Crippen molar-refractivity contribution < 1.29 is 67.7 Å². The molecule has 1 fully saturated rings. The van der Waals surface area contributed by atoms with Crippen LogP contribution in [0, 0.1) is 0 Å². The molecule has 0 saturated carbocycles. The topological polar surface area (TPSA) is 527 Å². The molecule has 23 N–H and O–H groups in total. The largest absolute Gasteiger partial charge is 0.508 e. The van der Waals surface area contributed by atoms with Gasteiger partial charge in [-0.2, -0.15) is 0 Å². The van der Waals surface area contributed by atoms with Crippen molar-refractivity contribution in [3.05, 3.63) is 65.7 Å². The van der Waals surface area contributed by atoms with Gasteiger partial charge in [0.1, 0.15) is 48.0 Å². The molecule has 8 atom stereocenters. The molecular formula is C50H74N16O14. The molecule has 0 aliphatic carbocycles. The lowest BCUT2D eigenvalue weighted by Gasteiger charge is -2.31. The van der Waals surface area contributed by atoms with Gasteiger partial charge in [-0.25, -0.2) is 0 Å². The van der Waals surface area contributed by atoms with E-state index in [1.165, 1.54) is 29.2 Å². The summed E-state index contributed by atoms with van der Waals surface area (Å²) in [7, 11) is 0. The normalized spacial score (nSPS) is 15.4. The van der Waals surface area contributed by atoms with Crippen LogP contribution in [0.5, 0.6) is 5.75 Å². The standard InChI is InChI=1S/C50H74N16O14/c51-19-5-4-10-33(49(80)66-21-7-12-37(66)48(79)61-31(11-6-20-58-50(56)57)43(74)59-26-40(55)70)62-47(78)36(25-39(54)69)65-44(75)32(17-18-38(53)68)60-45(76)35(22-27-8-2-1-3-9-27)64-46(77)34(23-28-13-15-29(67)16-14-28)63-42(73)30(52)24-41(71)72/h1-3,8-9,13-16,30-37,67H,4-7,10-12,17-26,51-52H2,(H2,53,68)(H2,54,69)(H2,55,70)(H,59,74)(H,60,76)(H,61,79)(H,62,78)(H,63,73)(H,64,77)(H,65,75)(H,71,72)(H4,56,57,58)/t30-,31-,32-,33-,34-,35-,36-,37-/m0/s1. The van der Waals surface area contributed by atoms with Crippen LogP contribution in [-0.4, -0.2) is 167 Å². The number of aliphatic imine (C=N–C) groups is 1. The third kappa shape index (κ3) is 23.4. The zero-order chi connectivity index (χ0) is 59.5. The van der Waals surface area contributed by atoms with Crippen molar-refractivity contribution >= 4 is 76.9 Å². The first kappa shape index (κ1) is 65.4. The van der Waals surface area contributed by atoms with Gasteiger partial charge in [-0.05, 0) is 81.2 Å². The van der Waals surface area contributed by atoms with Crippen molar-refractivity contribution in [1.82, 2.24) is 42.1 Å². The summed E-state index contributed by atoms with van der Waals surface area (Å²) in [5, 5.41) is 36.4. The number of carbonyl (C=O) groups is 12. The summed E-state index contributed by atoms with van der Waals surface area (Å²) in [5.41, 5.74) is 39.4. The number of primary amides is 3. The minimum absolute atomic E-state index is 0.00944. The Balaban J connectivity index is 1.93. The smallest absolute Gasteiger partial charge is 0.305 e. The number of amides is 11. The van der Waals surface area contributed by atoms with Crippen LogP contribution in [0.3, 0.4) is 0 Å². The number of carbonyl (C=O) groups excluding carboxylic acids is 11. The number of phenolic OH excluding ortho intramolecular Hbond substituents is 1. The second-order valence-corrected chi connectivity index (χ2v) is 18.9. The fourth-order valence-corrected chi connectivity index (χ4v) is 8.34. The molecule has 0 unspecified atom stereocenters. The van der Waals surface area contributed by atoms with E-state index >= 15 is 0 Å². The highest BCUT2D eigenvalue weighted by Gasteiger charge is 2.40. The number of nitrogens with zero attached hydrogens (tertiary/aromatic N) is 2. The van der Waals surface area contributed by atoms with Crippen LogP contribution in [0.25, 0.3) is 0 Å². The van der Waals surface area contributed by atoms with E-state index in [0.717, 1.165) is 0 Å². The number of nitrogens with one attached hydrogen (secondary N) is 7. The van der Waals surface area contributed by atoms with Gasteiger partial charge < -0.3 is 92.5 Å². The summed E-state index contributed by atoms with van der Waals surface area (Å²) in [6.07, 6.45) is -1.85. The number of carboxylic acid groups (broad SMARTS) is 1. The van der Waals surface area contributed by atoms with Crippen molar-refractivity contribution in [2.75, 3.05) is 26.2 Å². The van der Waals surface area contributed by atoms with Crippen molar-refractivity contribution in [3.63, 3.8) is 0 Å². The number of phenols is 1. The third-order valence-corrected chi connectivity index (χ3v) is 12.4. The molecule has 2 aromatic carbocycles. The number of rotatable bonds is 35. The molecule has 1 heterocycles. The minimum Gasteiger partial charge on any atom is -0.508 e. The molecule has 1 aliphatic rings. The second kappa shape index (κ2) is 33.4. The van der Waals surface area contributed by atoms with Gasteiger partial charge in [0.15, 0.2) is 5.96 Å². The second-order valence-electron chi connectivity index (χ2n) is 18.9. The Morgan fingerprint density at radius 2 is 1.12 bits per heavy atom. The summed E-state index contributed by atoms with van der Waals surface area (Å²) in [4.78, 5) is 164. The Morgan fingerprint density at radius 1 is 0.588 bits per heavy atom. The summed E-state index contributed by atoms with van der Waals surface area (Å²) in [6, 6.07) is 1.79. The Hall–Kier alpha value is -8.93. The Morgan fingerprint density at radius 3 is 1.70 bits per heavy atom. The number of hydrogen-bond donors (Lipinski definition) is 16. The average molecular weight is 1120 g/mol. The average Bonchev–Trinajstić information content (AvgIpc) is 3.95. The molecule has 11 amide bonds. The van der Waals surface area contributed by atoms with Crippen LogP contribution in [0.4, 0.5) is 0 Å². The van der Waals surface area contributed by atoms with E-state index in [2.05, 4.69) is 42.2 Å². The molecular weight excluding hydrogens is 1050 g/mol. The highest BCUT2D eigenvalue weighted by Crippen LogP contribution is 2.21. The minimum atomic E-state index is -1.83. The van der Waals surface area contributed by atoms with Crippen LogP contribution in [0.1, 0.15) is 81.8 Å². The molecule has 0 bridgehead atoms. The molecule has 80 heavy (non-hydrogen) atoms. The fraction of sp³-hybridized carbons (Fsp3) is 0.500. The van der Waals surface area contributed by atoms with Crippen LogP contribution in [-0.2, 0) is 70.4 Å². The highest BCUT2D eigenvalue weighted by atomic mass is 16.4. The number of aromatic hydroxyl groups is 1. The fourth-order valence-electron chi connectivity index (χ4n) is 8.34. The van der Waals surface area contributed by atoms with Crippen molar-refractivity contribution in [2.45, 2.75) is 132 Å². The van der Waals surface area contributed by atoms with Crippen molar-refractivity contribution in [1.29, 1.82) is 0 Å². The molecule has 2 aromatic rings. The van der Waals surface area contributed by atoms with Gasteiger partial charge in [0, 0.05) is 32.4 Å². The van der Waals surface area contributed by atoms with Gasteiger partial charge in [0.2, 0.25) is 65.0 Å². The van der Waals surface area contributed by atoms with Gasteiger partial charge in [0.25, 0.3) is 0 Å². The number of carboxylic acids is 1. The van der Waals surface area contributed by atoms with Gasteiger partial charge in [-0.1, -0.05) is 42.5 Å². The lowest BCUT2D eigenvalue weighted by atomic mass is 10.0. The van der Waals surface area contributed by atoms with Gasteiger partial charge in [-0.15, -0.1) is 0 Å². The van der Waals surface area contributed by atoms with Crippen LogP contribution in [0.15, 0.2) is 59.6 Å². The van der Waals surface area contributed by atoms with Crippen LogP contribution < -0.4 is 77.4 Å². The summed E-state index contributed by atoms with van der Waals surface area (Å²) < 4.78 is 0. The molecule has 30 heteroatoms. The number of guanidine groups is 1. The number of likely N-dealkylation sites (tertiary alicyclic amines) is 1. The number of unbranched alkanes of at least 4 members (excludes halogenated alkanes) is 1. The van der Waals surface area contributed by atoms with Crippen LogP contribution >= 0.6 is 0 Å². The molecule has 30 nitrogen and oxygen atoms in total. The molecule has 0 aromatic heterocycles. The zero-order valence-corrected chi connectivity index (χ0v) is 44.1. The van der Waals surface area contributed by atoms with E-state index in [9.17, 15) is 67.7 Å². The van der Waals surface area contributed by atoms with E-state index in [1.807, 2.05) is 0 Å². The molecule has 0 spiro atoms.